The second-order valence-corrected chi connectivity index (χ2v) is 11.2. The summed E-state index contributed by atoms with van der Waals surface area (Å²) in [5.41, 5.74) is 17.7. The molecule has 4 heteroatoms. The topological polar surface area (TPSA) is 70.5 Å². The minimum atomic E-state index is -0.168. The van der Waals surface area contributed by atoms with Gasteiger partial charge in [-0.15, -0.1) is 0 Å². The highest BCUT2D eigenvalue weighted by molar-refractivity contribution is 5.48. The van der Waals surface area contributed by atoms with Gasteiger partial charge in [-0.3, -0.25) is 0 Å². The SMILES string of the molecule is CC(C)(c1ccc(Oc2cccc(N)c2)cc1)c1ccc(C(C)(C)c2ccc(Oc3cccc(N)c3)cc2)cc1. The Hall–Kier alpha value is -4.70. The summed E-state index contributed by atoms with van der Waals surface area (Å²) in [6.45, 7) is 9.00. The number of hydrogen-bond acceptors (Lipinski definition) is 4. The van der Waals surface area contributed by atoms with Gasteiger partial charge in [-0.2, -0.15) is 0 Å². The monoisotopic (exact) mass is 528 g/mol. The van der Waals surface area contributed by atoms with Crippen molar-refractivity contribution in [1.29, 1.82) is 0 Å². The van der Waals surface area contributed by atoms with Gasteiger partial charge in [-0.05, 0) is 70.8 Å². The van der Waals surface area contributed by atoms with Gasteiger partial charge in [0.05, 0.1) is 0 Å². The largest absolute Gasteiger partial charge is 0.457 e. The van der Waals surface area contributed by atoms with Crippen LogP contribution in [-0.4, -0.2) is 0 Å². The van der Waals surface area contributed by atoms with Crippen LogP contribution in [0, 0.1) is 0 Å². The molecule has 4 nitrogen and oxygen atoms in total. The molecule has 0 aliphatic heterocycles. The van der Waals surface area contributed by atoms with Crippen molar-refractivity contribution < 1.29 is 9.47 Å². The first-order chi connectivity index (χ1) is 19.1. The van der Waals surface area contributed by atoms with Crippen LogP contribution in [0.25, 0.3) is 0 Å². The van der Waals surface area contributed by atoms with Crippen LogP contribution in [0.3, 0.4) is 0 Å². The van der Waals surface area contributed by atoms with E-state index in [-0.39, 0.29) is 10.8 Å². The molecule has 40 heavy (non-hydrogen) atoms. The number of nitrogens with two attached hydrogens (primary N) is 2. The number of anilines is 2. The zero-order valence-electron chi connectivity index (χ0n) is 23.5. The Labute approximate surface area is 237 Å². The van der Waals surface area contributed by atoms with Crippen molar-refractivity contribution in [3.05, 3.63) is 144 Å². The van der Waals surface area contributed by atoms with Gasteiger partial charge in [0.2, 0.25) is 0 Å². The molecule has 0 spiro atoms. The standard InChI is InChI=1S/C36H36N2O2/c1-35(2,27-15-19-31(20-16-27)39-33-9-5-7-29(37)23-33)25-11-13-26(14-12-25)36(3,4)28-17-21-32(22-18-28)40-34-10-6-8-30(38)24-34/h5-24H,37-38H2,1-4H3. The highest BCUT2D eigenvalue weighted by Gasteiger charge is 2.26. The van der Waals surface area contributed by atoms with Crippen molar-refractivity contribution in [3.63, 3.8) is 0 Å². The Morgan fingerprint density at radius 3 is 1.00 bits per heavy atom. The minimum absolute atomic E-state index is 0.168. The van der Waals surface area contributed by atoms with E-state index in [1.54, 1.807) is 0 Å². The zero-order valence-corrected chi connectivity index (χ0v) is 23.5. The molecule has 0 aliphatic carbocycles. The Morgan fingerprint density at radius 2 is 0.700 bits per heavy atom. The number of rotatable bonds is 8. The molecular weight excluding hydrogens is 492 g/mol. The quantitative estimate of drug-likeness (QED) is 0.197. The molecule has 0 atom stereocenters. The van der Waals surface area contributed by atoms with Crippen LogP contribution in [-0.2, 0) is 10.8 Å². The number of ether oxygens (including phenoxy) is 2. The number of benzene rings is 5. The van der Waals surface area contributed by atoms with Crippen LogP contribution >= 0.6 is 0 Å². The van der Waals surface area contributed by atoms with Crippen LogP contribution in [0.15, 0.2) is 121 Å². The highest BCUT2D eigenvalue weighted by Crippen LogP contribution is 2.37. The first-order valence-electron chi connectivity index (χ1n) is 13.5. The Morgan fingerprint density at radius 1 is 0.400 bits per heavy atom. The maximum absolute atomic E-state index is 5.98. The lowest BCUT2D eigenvalue weighted by molar-refractivity contribution is 0.481. The normalized spacial score (nSPS) is 11.7. The second-order valence-electron chi connectivity index (χ2n) is 11.2. The summed E-state index contributed by atoms with van der Waals surface area (Å²) in [5, 5.41) is 0. The average molecular weight is 529 g/mol. The zero-order chi connectivity index (χ0) is 28.3. The first kappa shape index (κ1) is 26.9. The van der Waals surface area contributed by atoms with E-state index in [2.05, 4.69) is 76.2 Å². The van der Waals surface area contributed by atoms with Crippen molar-refractivity contribution in [1.82, 2.24) is 0 Å². The van der Waals surface area contributed by atoms with E-state index >= 15 is 0 Å². The van der Waals surface area contributed by atoms with Crippen LogP contribution in [0.4, 0.5) is 11.4 Å². The van der Waals surface area contributed by atoms with Crippen molar-refractivity contribution in [3.8, 4) is 23.0 Å². The molecule has 0 amide bonds. The van der Waals surface area contributed by atoms with Gasteiger partial charge in [0.25, 0.3) is 0 Å². The summed E-state index contributed by atoms with van der Waals surface area (Å²) < 4.78 is 12.0. The molecule has 0 fully saturated rings. The van der Waals surface area contributed by atoms with Crippen LogP contribution in [0.5, 0.6) is 23.0 Å². The molecule has 5 rings (SSSR count). The smallest absolute Gasteiger partial charge is 0.129 e. The lowest BCUT2D eigenvalue weighted by atomic mass is 9.74. The summed E-state index contributed by atoms with van der Waals surface area (Å²) in [7, 11) is 0. The average Bonchev–Trinajstić information content (AvgIpc) is 2.94. The minimum Gasteiger partial charge on any atom is -0.457 e. The Bertz CT molecular complexity index is 1460. The van der Waals surface area contributed by atoms with Gasteiger partial charge in [0, 0.05) is 34.3 Å². The summed E-state index contributed by atoms with van der Waals surface area (Å²) in [6.07, 6.45) is 0. The maximum Gasteiger partial charge on any atom is 0.129 e. The molecular formula is C36H36N2O2. The fraction of sp³-hybridized carbons (Fsp3) is 0.167. The van der Waals surface area contributed by atoms with Gasteiger partial charge in [-0.25, -0.2) is 0 Å². The molecule has 0 bridgehead atoms. The molecule has 202 valence electrons. The van der Waals surface area contributed by atoms with E-state index in [9.17, 15) is 0 Å². The first-order valence-corrected chi connectivity index (χ1v) is 13.5. The van der Waals surface area contributed by atoms with Gasteiger partial charge in [-0.1, -0.05) is 88.4 Å². The molecule has 0 aliphatic rings. The van der Waals surface area contributed by atoms with Crippen LogP contribution in [0.2, 0.25) is 0 Å². The maximum atomic E-state index is 5.98. The molecule has 0 unspecified atom stereocenters. The molecule has 0 aromatic heterocycles. The van der Waals surface area contributed by atoms with Gasteiger partial charge < -0.3 is 20.9 Å². The Balaban J connectivity index is 1.29. The third-order valence-corrected chi connectivity index (χ3v) is 7.67. The summed E-state index contributed by atoms with van der Waals surface area (Å²) in [4.78, 5) is 0. The third-order valence-electron chi connectivity index (χ3n) is 7.67. The number of hydrogen-bond donors (Lipinski definition) is 2. The fourth-order valence-electron chi connectivity index (χ4n) is 4.94. The fourth-order valence-corrected chi connectivity index (χ4v) is 4.94. The van der Waals surface area contributed by atoms with Crippen LogP contribution < -0.4 is 20.9 Å². The molecule has 4 N–H and O–H groups in total. The molecule has 5 aromatic carbocycles. The van der Waals surface area contributed by atoms with E-state index in [4.69, 9.17) is 20.9 Å². The third kappa shape index (κ3) is 5.81. The summed E-state index contributed by atoms with van der Waals surface area (Å²) in [6, 6.07) is 40.5. The predicted octanol–water partition coefficient (Wildman–Crippen LogP) is 9.09. The second kappa shape index (κ2) is 10.8. The lowest BCUT2D eigenvalue weighted by Gasteiger charge is -2.29. The molecule has 0 radical (unpaired) electrons. The predicted molar refractivity (Wildman–Crippen MR) is 165 cm³/mol. The Kier molecular flexibility index (Phi) is 7.27. The molecule has 5 aromatic rings. The van der Waals surface area contributed by atoms with Crippen molar-refractivity contribution in [2.24, 2.45) is 0 Å². The van der Waals surface area contributed by atoms with Crippen molar-refractivity contribution >= 4 is 11.4 Å². The van der Waals surface area contributed by atoms with Crippen LogP contribution in [0.1, 0.15) is 49.9 Å². The van der Waals surface area contributed by atoms with E-state index in [1.807, 2.05) is 72.8 Å². The van der Waals surface area contributed by atoms with E-state index in [1.165, 1.54) is 22.3 Å². The van der Waals surface area contributed by atoms with Crippen molar-refractivity contribution in [2.75, 3.05) is 11.5 Å². The van der Waals surface area contributed by atoms with Gasteiger partial charge >= 0.3 is 0 Å². The summed E-state index contributed by atoms with van der Waals surface area (Å²) >= 11 is 0. The lowest BCUT2D eigenvalue weighted by Crippen LogP contribution is -2.21. The molecule has 0 saturated carbocycles. The van der Waals surface area contributed by atoms with Gasteiger partial charge in [0.15, 0.2) is 0 Å². The van der Waals surface area contributed by atoms with Gasteiger partial charge in [0.1, 0.15) is 23.0 Å². The van der Waals surface area contributed by atoms with E-state index in [0.29, 0.717) is 11.4 Å². The summed E-state index contributed by atoms with van der Waals surface area (Å²) in [5.74, 6) is 3.03. The van der Waals surface area contributed by atoms with Crippen molar-refractivity contribution in [2.45, 2.75) is 38.5 Å². The molecule has 0 saturated heterocycles. The highest BCUT2D eigenvalue weighted by atomic mass is 16.5. The van der Waals surface area contributed by atoms with E-state index < -0.39 is 0 Å². The number of nitrogen functional groups attached to an aromatic ring is 2. The van der Waals surface area contributed by atoms with E-state index in [0.717, 1.165) is 23.0 Å². The molecule has 0 heterocycles.